The van der Waals surface area contributed by atoms with E-state index in [-0.39, 0.29) is 17.4 Å². The molecule has 0 radical (unpaired) electrons. The Morgan fingerprint density at radius 3 is 2.62 bits per heavy atom. The average Bonchev–Trinajstić information content (AvgIpc) is 2.92. The van der Waals surface area contributed by atoms with Crippen molar-refractivity contribution in [1.29, 1.82) is 0 Å². The number of aromatic nitrogens is 2. The Hall–Kier alpha value is -2.77. The second-order valence-corrected chi connectivity index (χ2v) is 5.73. The number of aliphatic imine (C=N–C) groups is 1. The van der Waals surface area contributed by atoms with Crippen molar-refractivity contribution in [3.8, 4) is 0 Å². The first-order valence-corrected chi connectivity index (χ1v) is 7.45. The number of carbonyl (C=O) groups is 1. The first kappa shape index (κ1) is 17.6. The molecule has 0 saturated heterocycles. The summed E-state index contributed by atoms with van der Waals surface area (Å²) in [5.74, 6) is -1.74. The number of halogens is 2. The van der Waals surface area contributed by atoms with Crippen molar-refractivity contribution in [2.24, 2.45) is 10.9 Å². The van der Waals surface area contributed by atoms with Crippen molar-refractivity contribution in [1.82, 2.24) is 15.5 Å². The maximum Gasteiger partial charge on any atom is 0.258 e. The lowest BCUT2D eigenvalue weighted by molar-refractivity contribution is 0.0976. The molecule has 8 heteroatoms. The van der Waals surface area contributed by atoms with E-state index in [0.717, 1.165) is 17.8 Å². The molecule has 0 spiro atoms. The molecule has 0 fully saturated rings. The van der Waals surface area contributed by atoms with Crippen molar-refractivity contribution in [3.63, 3.8) is 0 Å². The molecule has 0 atom stereocenters. The maximum atomic E-state index is 13.3. The summed E-state index contributed by atoms with van der Waals surface area (Å²) in [6.45, 7) is 6.28. The van der Waals surface area contributed by atoms with Gasteiger partial charge in [0.15, 0.2) is 17.5 Å². The lowest BCUT2D eigenvalue weighted by atomic mass is 10.2. The summed E-state index contributed by atoms with van der Waals surface area (Å²) in [6.07, 6.45) is 0. The number of hydrogen-bond donors (Lipinski definition) is 3. The number of hydrogen-bond acceptors (Lipinski definition) is 3. The SMILES string of the molecule is Cc1cc(NC(=NCC(C)C)NC(=O)c2ccc(F)c(F)c2)n[nH]1. The Balaban J connectivity index is 2.15. The summed E-state index contributed by atoms with van der Waals surface area (Å²) in [5, 5.41) is 12.2. The van der Waals surface area contributed by atoms with Crippen LogP contribution in [0.1, 0.15) is 29.9 Å². The van der Waals surface area contributed by atoms with Crippen LogP contribution in [0.25, 0.3) is 0 Å². The molecule has 1 heterocycles. The minimum Gasteiger partial charge on any atom is -0.309 e. The molecule has 0 aliphatic heterocycles. The zero-order chi connectivity index (χ0) is 17.7. The van der Waals surface area contributed by atoms with Crippen molar-refractivity contribution in [2.75, 3.05) is 11.9 Å². The number of carbonyl (C=O) groups excluding carboxylic acids is 1. The van der Waals surface area contributed by atoms with Gasteiger partial charge in [0, 0.05) is 23.9 Å². The van der Waals surface area contributed by atoms with Gasteiger partial charge in [-0.3, -0.25) is 20.2 Å². The smallest absolute Gasteiger partial charge is 0.258 e. The average molecular weight is 335 g/mol. The first-order chi connectivity index (χ1) is 11.3. The summed E-state index contributed by atoms with van der Waals surface area (Å²) >= 11 is 0. The van der Waals surface area contributed by atoms with Gasteiger partial charge in [-0.05, 0) is 31.0 Å². The van der Waals surface area contributed by atoms with E-state index < -0.39 is 17.5 Å². The maximum absolute atomic E-state index is 13.3. The van der Waals surface area contributed by atoms with Crippen molar-refractivity contribution >= 4 is 17.7 Å². The van der Waals surface area contributed by atoms with Gasteiger partial charge in [-0.1, -0.05) is 13.8 Å². The molecule has 0 saturated carbocycles. The zero-order valence-corrected chi connectivity index (χ0v) is 13.7. The van der Waals surface area contributed by atoms with Crippen LogP contribution in [0.5, 0.6) is 0 Å². The third-order valence-corrected chi connectivity index (χ3v) is 2.98. The van der Waals surface area contributed by atoms with Gasteiger partial charge in [0.25, 0.3) is 5.91 Å². The zero-order valence-electron chi connectivity index (χ0n) is 13.7. The minimum atomic E-state index is -1.08. The van der Waals surface area contributed by atoms with E-state index in [4.69, 9.17) is 0 Å². The molecule has 0 aliphatic carbocycles. The van der Waals surface area contributed by atoms with Crippen molar-refractivity contribution in [3.05, 3.63) is 47.2 Å². The second-order valence-electron chi connectivity index (χ2n) is 5.73. The number of aromatic amines is 1. The molecular formula is C16H19F2N5O. The molecule has 0 aliphatic rings. The van der Waals surface area contributed by atoms with Crippen LogP contribution in [0.15, 0.2) is 29.3 Å². The highest BCUT2D eigenvalue weighted by molar-refractivity contribution is 6.09. The molecule has 1 aromatic heterocycles. The highest BCUT2D eigenvalue weighted by atomic mass is 19.2. The van der Waals surface area contributed by atoms with Crippen LogP contribution in [0.2, 0.25) is 0 Å². The number of H-pyrrole nitrogens is 1. The second kappa shape index (κ2) is 7.67. The number of benzene rings is 1. The quantitative estimate of drug-likeness (QED) is 0.593. The van der Waals surface area contributed by atoms with Gasteiger partial charge in [0.2, 0.25) is 5.96 Å². The Bertz CT molecular complexity index is 755. The summed E-state index contributed by atoms with van der Waals surface area (Å²) in [4.78, 5) is 16.5. The van der Waals surface area contributed by atoms with E-state index in [9.17, 15) is 13.6 Å². The van der Waals surface area contributed by atoms with Crippen molar-refractivity contribution < 1.29 is 13.6 Å². The Morgan fingerprint density at radius 2 is 2.04 bits per heavy atom. The monoisotopic (exact) mass is 335 g/mol. The Labute approximate surface area is 138 Å². The standard InChI is InChI=1S/C16H19F2N5O/c1-9(2)8-19-16(20-14-6-10(3)22-23-14)21-15(24)11-4-5-12(17)13(18)7-11/h4-7,9H,8H2,1-3H3,(H3,19,20,21,22,23,24). The number of guanidine groups is 1. The van der Waals surface area contributed by atoms with Crippen LogP contribution in [0, 0.1) is 24.5 Å². The lowest BCUT2D eigenvalue weighted by Crippen LogP contribution is -2.36. The van der Waals surface area contributed by atoms with Gasteiger partial charge in [0.1, 0.15) is 0 Å². The number of aryl methyl sites for hydroxylation is 1. The van der Waals surface area contributed by atoms with Crippen LogP contribution >= 0.6 is 0 Å². The molecule has 2 aromatic rings. The van der Waals surface area contributed by atoms with Crippen LogP contribution in [-0.4, -0.2) is 28.6 Å². The van der Waals surface area contributed by atoms with E-state index in [1.807, 2.05) is 20.8 Å². The predicted molar refractivity (Wildman–Crippen MR) is 87.9 cm³/mol. The van der Waals surface area contributed by atoms with E-state index in [2.05, 4.69) is 25.8 Å². The molecule has 0 unspecified atom stereocenters. The summed E-state index contributed by atoms with van der Waals surface area (Å²) in [5.41, 5.74) is 0.832. The topological polar surface area (TPSA) is 82.2 Å². The third kappa shape index (κ3) is 4.87. The molecule has 24 heavy (non-hydrogen) atoms. The highest BCUT2D eigenvalue weighted by Crippen LogP contribution is 2.09. The largest absolute Gasteiger partial charge is 0.309 e. The first-order valence-electron chi connectivity index (χ1n) is 7.45. The number of rotatable bonds is 4. The highest BCUT2D eigenvalue weighted by Gasteiger charge is 2.13. The molecule has 128 valence electrons. The number of amides is 1. The van der Waals surface area contributed by atoms with Crippen LogP contribution in [-0.2, 0) is 0 Å². The van der Waals surface area contributed by atoms with Crippen LogP contribution in [0.3, 0.4) is 0 Å². The molecule has 3 N–H and O–H groups in total. The minimum absolute atomic E-state index is 0.00819. The fourth-order valence-electron chi connectivity index (χ4n) is 1.80. The number of nitrogens with zero attached hydrogens (tertiary/aromatic N) is 2. The van der Waals surface area contributed by atoms with Gasteiger partial charge in [-0.15, -0.1) is 0 Å². The number of nitrogens with one attached hydrogen (secondary N) is 3. The van der Waals surface area contributed by atoms with E-state index >= 15 is 0 Å². The Morgan fingerprint density at radius 1 is 1.29 bits per heavy atom. The van der Waals surface area contributed by atoms with Crippen molar-refractivity contribution in [2.45, 2.75) is 20.8 Å². The molecule has 1 aromatic carbocycles. The third-order valence-electron chi connectivity index (χ3n) is 2.98. The molecule has 6 nitrogen and oxygen atoms in total. The summed E-state index contributed by atoms with van der Waals surface area (Å²) in [6, 6.07) is 4.68. The lowest BCUT2D eigenvalue weighted by Gasteiger charge is -2.11. The normalized spacial score (nSPS) is 11.7. The Kier molecular flexibility index (Phi) is 5.62. The molecule has 2 rings (SSSR count). The van der Waals surface area contributed by atoms with Gasteiger partial charge in [0.05, 0.1) is 0 Å². The van der Waals surface area contributed by atoms with Gasteiger partial charge in [-0.25, -0.2) is 8.78 Å². The van der Waals surface area contributed by atoms with Gasteiger partial charge < -0.3 is 5.32 Å². The summed E-state index contributed by atoms with van der Waals surface area (Å²) in [7, 11) is 0. The summed E-state index contributed by atoms with van der Waals surface area (Å²) < 4.78 is 26.2. The van der Waals surface area contributed by atoms with E-state index in [1.54, 1.807) is 6.07 Å². The number of anilines is 1. The fraction of sp³-hybridized carbons (Fsp3) is 0.312. The van der Waals surface area contributed by atoms with Crippen LogP contribution < -0.4 is 10.6 Å². The molecule has 0 bridgehead atoms. The van der Waals surface area contributed by atoms with Gasteiger partial charge in [-0.2, -0.15) is 5.10 Å². The fourth-order valence-corrected chi connectivity index (χ4v) is 1.80. The van der Waals surface area contributed by atoms with E-state index in [1.165, 1.54) is 6.07 Å². The molecular weight excluding hydrogens is 316 g/mol. The van der Waals surface area contributed by atoms with E-state index in [0.29, 0.717) is 12.4 Å². The predicted octanol–water partition coefficient (Wildman–Crippen LogP) is 2.85. The van der Waals surface area contributed by atoms with Crippen LogP contribution in [0.4, 0.5) is 14.6 Å². The van der Waals surface area contributed by atoms with Gasteiger partial charge >= 0.3 is 0 Å². The molecule has 1 amide bonds.